The number of carboxylic acid groups (broad SMARTS) is 1. The number of carbonyl (C=O) groups excluding carboxylic acids is 1. The van der Waals surface area contributed by atoms with Crippen molar-refractivity contribution in [2.75, 3.05) is 11.1 Å². The van der Waals surface area contributed by atoms with Gasteiger partial charge in [0.05, 0.1) is 5.75 Å². The van der Waals surface area contributed by atoms with Gasteiger partial charge in [-0.3, -0.25) is 9.00 Å². The molecule has 1 heterocycles. The number of amides is 1. The van der Waals surface area contributed by atoms with Crippen LogP contribution in [0.2, 0.25) is 5.02 Å². The number of hydrogen-bond acceptors (Lipinski definition) is 4. The maximum Gasteiger partial charge on any atom is 0.371 e. The Morgan fingerprint density at radius 2 is 2.04 bits per heavy atom. The summed E-state index contributed by atoms with van der Waals surface area (Å²) in [5.74, 6) is -1.84. The monoisotopic (exact) mass is 355 g/mol. The van der Waals surface area contributed by atoms with Gasteiger partial charge in [0.25, 0.3) is 0 Å². The summed E-state index contributed by atoms with van der Waals surface area (Å²) in [7, 11) is -1.52. The van der Waals surface area contributed by atoms with Crippen molar-refractivity contribution in [1.29, 1.82) is 0 Å². The Bertz CT molecular complexity index is 771. The Morgan fingerprint density at radius 3 is 2.70 bits per heavy atom. The molecule has 1 unspecified atom stereocenters. The highest BCUT2D eigenvalue weighted by Gasteiger charge is 2.14. The van der Waals surface area contributed by atoms with Gasteiger partial charge in [0.15, 0.2) is 0 Å². The lowest BCUT2D eigenvalue weighted by Crippen LogP contribution is -2.20. The number of aromatic carboxylic acids is 1. The van der Waals surface area contributed by atoms with E-state index in [9.17, 15) is 13.8 Å². The minimum Gasteiger partial charge on any atom is -0.475 e. The third kappa shape index (κ3) is 4.94. The lowest BCUT2D eigenvalue weighted by Gasteiger charge is -2.08. The van der Waals surface area contributed by atoms with Gasteiger partial charge < -0.3 is 14.8 Å². The molecule has 1 aromatic heterocycles. The highest BCUT2D eigenvalue weighted by atomic mass is 35.5. The summed E-state index contributed by atoms with van der Waals surface area (Å²) in [6, 6.07) is 7.81. The van der Waals surface area contributed by atoms with Gasteiger partial charge in [-0.25, -0.2) is 4.79 Å². The van der Waals surface area contributed by atoms with E-state index in [2.05, 4.69) is 5.32 Å². The number of nitrogens with one attached hydrogen (secondary N) is 1. The molecule has 0 radical (unpaired) electrons. The third-order valence-electron chi connectivity index (χ3n) is 2.94. The second-order valence-electron chi connectivity index (χ2n) is 4.81. The topological polar surface area (TPSA) is 96.6 Å². The number of carboxylic acids is 1. The molecule has 8 heteroatoms. The van der Waals surface area contributed by atoms with Crippen LogP contribution in [0.4, 0.5) is 5.69 Å². The van der Waals surface area contributed by atoms with Gasteiger partial charge in [-0.05, 0) is 36.8 Å². The fourth-order valence-corrected chi connectivity index (χ4v) is 2.95. The lowest BCUT2D eigenvalue weighted by molar-refractivity contribution is -0.113. The molecule has 0 fully saturated rings. The van der Waals surface area contributed by atoms with Crippen LogP contribution in [0.3, 0.4) is 0 Å². The van der Waals surface area contributed by atoms with Gasteiger partial charge in [-0.2, -0.15) is 0 Å². The first-order valence-corrected chi connectivity index (χ1v) is 8.44. The zero-order valence-corrected chi connectivity index (χ0v) is 13.7. The van der Waals surface area contributed by atoms with E-state index in [1.54, 1.807) is 18.2 Å². The third-order valence-corrected chi connectivity index (χ3v) is 4.37. The maximum absolute atomic E-state index is 12.0. The Morgan fingerprint density at radius 1 is 1.30 bits per heavy atom. The Kier molecular flexibility index (Phi) is 5.57. The zero-order valence-electron chi connectivity index (χ0n) is 12.2. The van der Waals surface area contributed by atoms with Crippen molar-refractivity contribution in [2.45, 2.75) is 12.7 Å². The molecular formula is C15H14ClNO5S. The summed E-state index contributed by atoms with van der Waals surface area (Å²) in [5, 5.41) is 11.9. The fourth-order valence-electron chi connectivity index (χ4n) is 1.84. The molecule has 0 bridgehead atoms. The van der Waals surface area contributed by atoms with E-state index >= 15 is 0 Å². The van der Waals surface area contributed by atoms with Crippen LogP contribution in [0.5, 0.6) is 0 Å². The van der Waals surface area contributed by atoms with E-state index in [1.165, 1.54) is 12.1 Å². The first kappa shape index (κ1) is 17.2. The van der Waals surface area contributed by atoms with E-state index < -0.39 is 22.7 Å². The maximum atomic E-state index is 12.0. The van der Waals surface area contributed by atoms with Crippen molar-refractivity contribution in [2.24, 2.45) is 0 Å². The molecule has 1 aromatic carbocycles. The van der Waals surface area contributed by atoms with Crippen LogP contribution in [0.25, 0.3) is 0 Å². The van der Waals surface area contributed by atoms with Gasteiger partial charge in [-0.15, -0.1) is 0 Å². The van der Waals surface area contributed by atoms with Crippen LogP contribution < -0.4 is 5.32 Å². The van der Waals surface area contributed by atoms with E-state index in [4.69, 9.17) is 21.1 Å². The molecule has 1 amide bonds. The smallest absolute Gasteiger partial charge is 0.371 e. The molecule has 6 nitrogen and oxygen atoms in total. The van der Waals surface area contributed by atoms with Crippen molar-refractivity contribution in [3.8, 4) is 0 Å². The van der Waals surface area contributed by atoms with Crippen LogP contribution in [0, 0.1) is 6.92 Å². The predicted molar refractivity (Wildman–Crippen MR) is 87.2 cm³/mol. The average molecular weight is 356 g/mol. The van der Waals surface area contributed by atoms with Crippen molar-refractivity contribution < 1.29 is 23.3 Å². The summed E-state index contributed by atoms with van der Waals surface area (Å²) in [6.07, 6.45) is 0. The van der Waals surface area contributed by atoms with Crippen LogP contribution in [0.15, 0.2) is 34.7 Å². The zero-order chi connectivity index (χ0) is 17.0. The standard InChI is InChI=1S/C15H14ClNO5S/c1-9-2-3-10(16)6-12(9)17-14(18)8-23(21)7-11-4-5-13(22-11)15(19)20/h2-6H,7-8H2,1H3,(H,17,18)(H,19,20). The minimum atomic E-state index is -1.52. The fraction of sp³-hybridized carbons (Fsp3) is 0.200. The molecule has 0 aliphatic heterocycles. The van der Waals surface area contributed by atoms with Crippen molar-refractivity contribution in [3.63, 3.8) is 0 Å². The van der Waals surface area contributed by atoms with Crippen LogP contribution in [0.1, 0.15) is 21.9 Å². The van der Waals surface area contributed by atoms with Crippen LogP contribution in [-0.4, -0.2) is 26.9 Å². The number of anilines is 1. The predicted octanol–water partition coefficient (Wildman–Crippen LogP) is 2.83. The number of rotatable bonds is 6. The molecule has 122 valence electrons. The van der Waals surface area contributed by atoms with E-state index in [-0.39, 0.29) is 23.0 Å². The van der Waals surface area contributed by atoms with E-state index in [0.717, 1.165) is 5.56 Å². The van der Waals surface area contributed by atoms with Gasteiger partial charge >= 0.3 is 5.97 Å². The molecule has 0 aliphatic carbocycles. The average Bonchev–Trinajstić information content (AvgIpc) is 2.91. The van der Waals surface area contributed by atoms with Crippen LogP contribution in [-0.2, 0) is 21.3 Å². The van der Waals surface area contributed by atoms with E-state index in [1.807, 2.05) is 6.92 Å². The molecule has 23 heavy (non-hydrogen) atoms. The summed E-state index contributed by atoms with van der Waals surface area (Å²) < 4.78 is 17.0. The van der Waals surface area contributed by atoms with Gasteiger partial charge in [0.2, 0.25) is 11.7 Å². The number of benzene rings is 1. The number of halogens is 1. The lowest BCUT2D eigenvalue weighted by atomic mass is 10.2. The molecule has 0 spiro atoms. The number of furan rings is 1. The van der Waals surface area contributed by atoms with Crippen LogP contribution >= 0.6 is 11.6 Å². The molecular weight excluding hydrogens is 342 g/mol. The molecule has 2 rings (SSSR count). The first-order valence-electron chi connectivity index (χ1n) is 6.58. The Balaban J connectivity index is 1.92. The Hall–Kier alpha value is -2.12. The van der Waals surface area contributed by atoms with Gasteiger partial charge in [0.1, 0.15) is 11.5 Å². The second-order valence-corrected chi connectivity index (χ2v) is 6.70. The highest BCUT2D eigenvalue weighted by Crippen LogP contribution is 2.20. The number of hydrogen-bond donors (Lipinski definition) is 2. The normalized spacial score (nSPS) is 11.9. The summed E-state index contributed by atoms with van der Waals surface area (Å²) in [6.45, 7) is 1.82. The quantitative estimate of drug-likeness (QED) is 0.830. The van der Waals surface area contributed by atoms with Crippen molar-refractivity contribution >= 4 is 40.0 Å². The van der Waals surface area contributed by atoms with Gasteiger partial charge in [-0.1, -0.05) is 17.7 Å². The molecule has 2 N–H and O–H groups in total. The number of aryl methyl sites for hydroxylation is 1. The summed E-state index contributed by atoms with van der Waals surface area (Å²) >= 11 is 5.87. The Labute approximate surface area is 139 Å². The largest absolute Gasteiger partial charge is 0.475 e. The SMILES string of the molecule is Cc1ccc(Cl)cc1NC(=O)CS(=O)Cc1ccc(C(=O)O)o1. The second kappa shape index (κ2) is 7.43. The first-order chi connectivity index (χ1) is 10.8. The van der Waals surface area contributed by atoms with Gasteiger partial charge in [0, 0.05) is 21.5 Å². The summed E-state index contributed by atoms with van der Waals surface area (Å²) in [5.41, 5.74) is 1.40. The molecule has 0 aliphatic rings. The highest BCUT2D eigenvalue weighted by molar-refractivity contribution is 7.84. The summed E-state index contributed by atoms with van der Waals surface area (Å²) in [4.78, 5) is 22.6. The minimum absolute atomic E-state index is 0.0325. The molecule has 2 aromatic rings. The van der Waals surface area contributed by atoms with Crippen molar-refractivity contribution in [3.05, 3.63) is 52.4 Å². The molecule has 0 saturated heterocycles. The number of carbonyl (C=O) groups is 2. The molecule has 0 saturated carbocycles. The van der Waals surface area contributed by atoms with E-state index in [0.29, 0.717) is 10.7 Å². The molecule has 1 atom stereocenters. The van der Waals surface area contributed by atoms with Crippen molar-refractivity contribution in [1.82, 2.24) is 0 Å².